The SMILES string of the molecule is Cc1cc(F)c(Br)cc1NC(=O)C(C)CCCN. The molecule has 5 heteroatoms. The van der Waals surface area contributed by atoms with Gasteiger partial charge in [0.05, 0.1) is 4.47 Å². The number of rotatable bonds is 5. The summed E-state index contributed by atoms with van der Waals surface area (Å²) in [7, 11) is 0. The molecule has 0 fully saturated rings. The molecule has 0 bridgehead atoms. The molecule has 0 aliphatic heterocycles. The van der Waals surface area contributed by atoms with E-state index >= 15 is 0 Å². The van der Waals surface area contributed by atoms with Gasteiger partial charge in [-0.3, -0.25) is 4.79 Å². The predicted molar refractivity (Wildman–Crippen MR) is 74.9 cm³/mol. The Morgan fingerprint density at radius 3 is 2.83 bits per heavy atom. The van der Waals surface area contributed by atoms with Crippen LogP contribution >= 0.6 is 15.9 Å². The lowest BCUT2D eigenvalue weighted by molar-refractivity contribution is -0.119. The number of carbonyl (C=O) groups excluding carboxylic acids is 1. The van der Waals surface area contributed by atoms with Crippen LogP contribution in [0.2, 0.25) is 0 Å². The first-order chi connectivity index (χ1) is 8.45. The van der Waals surface area contributed by atoms with Gasteiger partial charge in [0.15, 0.2) is 0 Å². The van der Waals surface area contributed by atoms with E-state index in [1.165, 1.54) is 6.07 Å². The number of halogens is 2. The molecule has 0 aromatic heterocycles. The molecule has 1 aromatic rings. The predicted octanol–water partition coefficient (Wildman–Crippen LogP) is 3.21. The van der Waals surface area contributed by atoms with E-state index in [9.17, 15) is 9.18 Å². The molecule has 0 aliphatic rings. The van der Waals surface area contributed by atoms with Gasteiger partial charge in [0.2, 0.25) is 5.91 Å². The number of amides is 1. The van der Waals surface area contributed by atoms with E-state index in [0.29, 0.717) is 22.3 Å². The lowest BCUT2D eigenvalue weighted by atomic mass is 10.0. The molecule has 0 saturated carbocycles. The third-order valence-electron chi connectivity index (χ3n) is 2.81. The molecule has 0 spiro atoms. The van der Waals surface area contributed by atoms with Crippen molar-refractivity contribution in [2.24, 2.45) is 11.7 Å². The maximum absolute atomic E-state index is 13.2. The second-order valence-electron chi connectivity index (χ2n) is 4.40. The van der Waals surface area contributed by atoms with Gasteiger partial charge in [-0.2, -0.15) is 0 Å². The lowest BCUT2D eigenvalue weighted by Gasteiger charge is -2.14. The molecule has 100 valence electrons. The highest BCUT2D eigenvalue weighted by Gasteiger charge is 2.14. The second kappa shape index (κ2) is 6.85. The number of nitrogens with two attached hydrogens (primary N) is 1. The van der Waals surface area contributed by atoms with E-state index < -0.39 is 0 Å². The van der Waals surface area contributed by atoms with Crippen LogP contribution in [0.3, 0.4) is 0 Å². The Bertz CT molecular complexity index is 437. The zero-order valence-corrected chi connectivity index (χ0v) is 12.2. The summed E-state index contributed by atoms with van der Waals surface area (Å²) in [6, 6.07) is 2.97. The molecule has 1 amide bonds. The second-order valence-corrected chi connectivity index (χ2v) is 5.26. The molecule has 1 aromatic carbocycles. The minimum atomic E-state index is -0.332. The van der Waals surface area contributed by atoms with Crippen LogP contribution < -0.4 is 11.1 Å². The Kier molecular flexibility index (Phi) is 5.75. The molecule has 0 radical (unpaired) electrons. The monoisotopic (exact) mass is 316 g/mol. The summed E-state index contributed by atoms with van der Waals surface area (Å²) in [5.41, 5.74) is 6.75. The molecular formula is C13H18BrFN2O. The highest BCUT2D eigenvalue weighted by molar-refractivity contribution is 9.10. The van der Waals surface area contributed by atoms with E-state index in [-0.39, 0.29) is 17.6 Å². The lowest BCUT2D eigenvalue weighted by Crippen LogP contribution is -2.21. The van der Waals surface area contributed by atoms with Crippen molar-refractivity contribution in [3.05, 3.63) is 28.0 Å². The van der Waals surface area contributed by atoms with Crippen LogP contribution in [0, 0.1) is 18.7 Å². The Balaban J connectivity index is 2.72. The van der Waals surface area contributed by atoms with Gasteiger partial charge in [0.25, 0.3) is 0 Å². The van der Waals surface area contributed by atoms with Gasteiger partial charge < -0.3 is 11.1 Å². The average molecular weight is 317 g/mol. The minimum absolute atomic E-state index is 0.0648. The highest BCUT2D eigenvalue weighted by atomic mass is 79.9. The van der Waals surface area contributed by atoms with Gasteiger partial charge in [-0.25, -0.2) is 4.39 Å². The zero-order valence-electron chi connectivity index (χ0n) is 10.6. The number of hydrogen-bond donors (Lipinski definition) is 2. The molecule has 1 rings (SSSR count). The Hall–Kier alpha value is -0.940. The van der Waals surface area contributed by atoms with Crippen LogP contribution in [0.15, 0.2) is 16.6 Å². The number of nitrogens with one attached hydrogen (secondary N) is 1. The van der Waals surface area contributed by atoms with Crippen LogP contribution in [0.4, 0.5) is 10.1 Å². The Labute approximate surface area is 115 Å². The molecule has 3 nitrogen and oxygen atoms in total. The van der Waals surface area contributed by atoms with Crippen molar-refractivity contribution >= 4 is 27.5 Å². The summed E-state index contributed by atoms with van der Waals surface area (Å²) < 4.78 is 13.6. The van der Waals surface area contributed by atoms with E-state index in [1.807, 2.05) is 6.92 Å². The normalized spacial score (nSPS) is 12.3. The van der Waals surface area contributed by atoms with Gasteiger partial charge in [0, 0.05) is 11.6 Å². The van der Waals surface area contributed by atoms with Crippen molar-refractivity contribution < 1.29 is 9.18 Å². The fourth-order valence-corrected chi connectivity index (χ4v) is 1.94. The summed E-state index contributed by atoms with van der Waals surface area (Å²) in [5.74, 6) is -0.497. The summed E-state index contributed by atoms with van der Waals surface area (Å²) >= 11 is 3.11. The van der Waals surface area contributed by atoms with Gasteiger partial charge in [-0.1, -0.05) is 6.92 Å². The maximum Gasteiger partial charge on any atom is 0.227 e. The van der Waals surface area contributed by atoms with Gasteiger partial charge >= 0.3 is 0 Å². The fourth-order valence-electron chi connectivity index (χ4n) is 1.59. The fraction of sp³-hybridized carbons (Fsp3) is 0.462. The largest absolute Gasteiger partial charge is 0.330 e. The van der Waals surface area contributed by atoms with Crippen molar-refractivity contribution in [1.82, 2.24) is 0 Å². The van der Waals surface area contributed by atoms with Gasteiger partial charge in [0.1, 0.15) is 5.82 Å². The minimum Gasteiger partial charge on any atom is -0.330 e. The molecule has 1 unspecified atom stereocenters. The Morgan fingerprint density at radius 1 is 1.56 bits per heavy atom. The molecule has 1 atom stereocenters. The third kappa shape index (κ3) is 4.07. The van der Waals surface area contributed by atoms with Crippen LogP contribution in [0.1, 0.15) is 25.3 Å². The first-order valence-corrected chi connectivity index (χ1v) is 6.71. The average Bonchev–Trinajstić information content (AvgIpc) is 2.32. The quantitative estimate of drug-likeness (QED) is 0.876. The zero-order chi connectivity index (χ0) is 13.7. The molecular weight excluding hydrogens is 299 g/mol. The number of benzene rings is 1. The summed E-state index contributed by atoms with van der Waals surface area (Å²) in [6.07, 6.45) is 1.57. The van der Waals surface area contributed by atoms with Gasteiger partial charge in [-0.15, -0.1) is 0 Å². The van der Waals surface area contributed by atoms with Crippen LogP contribution in [0.25, 0.3) is 0 Å². The summed E-state index contributed by atoms with van der Waals surface area (Å²) in [6.45, 7) is 4.20. The number of anilines is 1. The molecule has 0 saturated heterocycles. The van der Waals surface area contributed by atoms with Crippen molar-refractivity contribution in [2.45, 2.75) is 26.7 Å². The van der Waals surface area contributed by atoms with Crippen molar-refractivity contribution in [2.75, 3.05) is 11.9 Å². The highest BCUT2D eigenvalue weighted by Crippen LogP contribution is 2.24. The van der Waals surface area contributed by atoms with E-state index in [2.05, 4.69) is 21.2 Å². The van der Waals surface area contributed by atoms with Crippen LogP contribution in [0.5, 0.6) is 0 Å². The van der Waals surface area contributed by atoms with E-state index in [0.717, 1.165) is 12.8 Å². The van der Waals surface area contributed by atoms with Crippen molar-refractivity contribution in [1.29, 1.82) is 0 Å². The van der Waals surface area contributed by atoms with Crippen molar-refractivity contribution in [3.63, 3.8) is 0 Å². The van der Waals surface area contributed by atoms with Crippen LogP contribution in [-0.2, 0) is 4.79 Å². The van der Waals surface area contributed by atoms with E-state index in [1.54, 1.807) is 13.0 Å². The standard InChI is InChI=1S/C13H18BrFN2O/c1-8(4-3-5-16)13(18)17-12-7-10(14)11(15)6-9(12)2/h6-8H,3-5,16H2,1-2H3,(H,17,18). The molecule has 0 heterocycles. The topological polar surface area (TPSA) is 55.1 Å². The molecule has 18 heavy (non-hydrogen) atoms. The number of carbonyl (C=O) groups is 1. The first kappa shape index (κ1) is 15.1. The Morgan fingerprint density at radius 2 is 2.22 bits per heavy atom. The van der Waals surface area contributed by atoms with Crippen molar-refractivity contribution in [3.8, 4) is 0 Å². The third-order valence-corrected chi connectivity index (χ3v) is 3.42. The molecule has 3 N–H and O–H groups in total. The van der Waals surface area contributed by atoms with E-state index in [4.69, 9.17) is 5.73 Å². The summed E-state index contributed by atoms with van der Waals surface area (Å²) in [5, 5.41) is 2.81. The molecule has 0 aliphatic carbocycles. The number of aryl methyl sites for hydroxylation is 1. The number of hydrogen-bond acceptors (Lipinski definition) is 2. The smallest absolute Gasteiger partial charge is 0.227 e. The van der Waals surface area contributed by atoms with Gasteiger partial charge in [-0.05, 0) is 59.9 Å². The first-order valence-electron chi connectivity index (χ1n) is 5.92. The maximum atomic E-state index is 13.2. The summed E-state index contributed by atoms with van der Waals surface area (Å²) in [4.78, 5) is 11.9. The van der Waals surface area contributed by atoms with Crippen LogP contribution in [-0.4, -0.2) is 12.5 Å².